The third-order valence-corrected chi connectivity index (χ3v) is 3.60. The van der Waals surface area contributed by atoms with E-state index in [0.717, 1.165) is 29.5 Å². The first-order chi connectivity index (χ1) is 11.2. The largest absolute Gasteiger partial charge is 0.356 e. The van der Waals surface area contributed by atoms with E-state index in [9.17, 15) is 0 Å². The summed E-state index contributed by atoms with van der Waals surface area (Å²) in [5.74, 6) is 0.747. The lowest BCUT2D eigenvalue weighted by Crippen LogP contribution is -2.37. The molecule has 0 bridgehead atoms. The standard InChI is InChI=1S/C18H19ClN4.HI/c1-21-18(22-10-9-14-3-2-4-17(19)11-14)23-13-16-7-5-15(12-20)6-8-16;/h2-8,11H,9-10,13H2,1H3,(H2,21,22,23);1H. The Bertz CT molecular complexity index is 708. The topological polar surface area (TPSA) is 60.2 Å². The van der Waals surface area contributed by atoms with Crippen LogP contribution in [0.25, 0.3) is 0 Å². The average molecular weight is 455 g/mol. The number of benzene rings is 2. The molecule has 0 saturated heterocycles. The third kappa shape index (κ3) is 6.77. The Morgan fingerprint density at radius 1 is 1.12 bits per heavy atom. The van der Waals surface area contributed by atoms with Crippen molar-refractivity contribution in [3.63, 3.8) is 0 Å². The van der Waals surface area contributed by atoms with Crippen molar-refractivity contribution in [2.24, 2.45) is 4.99 Å². The maximum absolute atomic E-state index is 8.79. The molecule has 0 unspecified atom stereocenters. The summed E-state index contributed by atoms with van der Waals surface area (Å²) in [6.07, 6.45) is 0.873. The maximum Gasteiger partial charge on any atom is 0.191 e. The molecule has 4 nitrogen and oxygen atoms in total. The third-order valence-electron chi connectivity index (χ3n) is 3.36. The molecular weight excluding hydrogens is 435 g/mol. The zero-order valence-electron chi connectivity index (χ0n) is 13.4. The van der Waals surface area contributed by atoms with Gasteiger partial charge in [-0.25, -0.2) is 0 Å². The first kappa shape index (κ1) is 20.3. The Morgan fingerprint density at radius 3 is 2.50 bits per heavy atom. The summed E-state index contributed by atoms with van der Waals surface area (Å²) in [6.45, 7) is 1.43. The van der Waals surface area contributed by atoms with Crippen molar-refractivity contribution >= 4 is 41.5 Å². The number of hydrogen-bond donors (Lipinski definition) is 2. The lowest BCUT2D eigenvalue weighted by atomic mass is 10.1. The molecule has 0 amide bonds. The van der Waals surface area contributed by atoms with Crippen LogP contribution in [-0.4, -0.2) is 19.6 Å². The molecule has 126 valence electrons. The van der Waals surface area contributed by atoms with Gasteiger partial charge in [0, 0.05) is 25.2 Å². The van der Waals surface area contributed by atoms with Crippen LogP contribution >= 0.6 is 35.6 Å². The predicted octanol–water partition coefficient (Wildman–Crippen LogP) is 3.74. The molecule has 0 aromatic heterocycles. The van der Waals surface area contributed by atoms with Crippen LogP contribution in [0.4, 0.5) is 0 Å². The van der Waals surface area contributed by atoms with Crippen LogP contribution in [-0.2, 0) is 13.0 Å². The van der Waals surface area contributed by atoms with E-state index < -0.39 is 0 Å². The fraction of sp³-hybridized carbons (Fsp3) is 0.222. The second-order valence-electron chi connectivity index (χ2n) is 5.04. The second-order valence-corrected chi connectivity index (χ2v) is 5.48. The Hall–Kier alpha value is -1.78. The first-order valence-corrected chi connectivity index (χ1v) is 7.77. The predicted molar refractivity (Wildman–Crippen MR) is 110 cm³/mol. The molecule has 24 heavy (non-hydrogen) atoms. The summed E-state index contributed by atoms with van der Waals surface area (Å²) < 4.78 is 0. The van der Waals surface area contributed by atoms with Gasteiger partial charge in [0.05, 0.1) is 11.6 Å². The SMILES string of the molecule is CN=C(NCCc1cccc(Cl)c1)NCc1ccc(C#N)cc1.I. The summed E-state index contributed by atoms with van der Waals surface area (Å²) in [7, 11) is 1.74. The summed E-state index contributed by atoms with van der Waals surface area (Å²) in [5.41, 5.74) is 2.95. The van der Waals surface area contributed by atoms with Gasteiger partial charge in [0.1, 0.15) is 0 Å². The van der Waals surface area contributed by atoms with Crippen molar-refractivity contribution < 1.29 is 0 Å². The average Bonchev–Trinajstić information content (AvgIpc) is 2.58. The molecule has 0 spiro atoms. The van der Waals surface area contributed by atoms with E-state index >= 15 is 0 Å². The summed E-state index contributed by atoms with van der Waals surface area (Å²) in [6, 6.07) is 17.5. The molecule has 0 fully saturated rings. The van der Waals surface area contributed by atoms with Gasteiger partial charge in [0.25, 0.3) is 0 Å². The number of nitriles is 1. The van der Waals surface area contributed by atoms with Crippen molar-refractivity contribution in [1.82, 2.24) is 10.6 Å². The van der Waals surface area contributed by atoms with Crippen LogP contribution in [0.15, 0.2) is 53.5 Å². The molecule has 2 aromatic carbocycles. The van der Waals surface area contributed by atoms with E-state index in [-0.39, 0.29) is 24.0 Å². The lowest BCUT2D eigenvalue weighted by molar-refractivity contribution is 0.794. The quantitative estimate of drug-likeness (QED) is 0.411. The highest BCUT2D eigenvalue weighted by molar-refractivity contribution is 14.0. The molecule has 0 atom stereocenters. The molecule has 0 heterocycles. The van der Waals surface area contributed by atoms with Crippen LogP contribution in [0.5, 0.6) is 0 Å². The second kappa shape index (κ2) is 10.9. The van der Waals surface area contributed by atoms with E-state index in [1.807, 2.05) is 42.5 Å². The van der Waals surface area contributed by atoms with Gasteiger partial charge in [-0.05, 0) is 41.8 Å². The highest BCUT2D eigenvalue weighted by Crippen LogP contribution is 2.10. The Kier molecular flexibility index (Phi) is 9.20. The fourth-order valence-corrected chi connectivity index (χ4v) is 2.33. The molecule has 2 N–H and O–H groups in total. The zero-order chi connectivity index (χ0) is 16.5. The lowest BCUT2D eigenvalue weighted by Gasteiger charge is -2.12. The van der Waals surface area contributed by atoms with Gasteiger partial charge in [0.15, 0.2) is 5.96 Å². The zero-order valence-corrected chi connectivity index (χ0v) is 16.5. The number of aliphatic imine (C=N–C) groups is 1. The minimum atomic E-state index is 0. The van der Waals surface area contributed by atoms with Crippen LogP contribution in [0, 0.1) is 11.3 Å². The molecule has 0 aliphatic heterocycles. The van der Waals surface area contributed by atoms with Crippen LogP contribution in [0.1, 0.15) is 16.7 Å². The molecule has 2 rings (SSSR count). The van der Waals surface area contributed by atoms with Gasteiger partial charge >= 0.3 is 0 Å². The van der Waals surface area contributed by atoms with E-state index in [1.54, 1.807) is 7.05 Å². The van der Waals surface area contributed by atoms with Gasteiger partial charge < -0.3 is 10.6 Å². The van der Waals surface area contributed by atoms with Gasteiger partial charge in [-0.3, -0.25) is 4.99 Å². The van der Waals surface area contributed by atoms with Gasteiger partial charge in [-0.15, -0.1) is 24.0 Å². The molecule has 6 heteroatoms. The summed E-state index contributed by atoms with van der Waals surface area (Å²) in [5, 5.41) is 16.1. The Morgan fingerprint density at radius 2 is 1.88 bits per heavy atom. The van der Waals surface area contributed by atoms with E-state index in [0.29, 0.717) is 12.1 Å². The van der Waals surface area contributed by atoms with Crippen LogP contribution in [0.3, 0.4) is 0 Å². The molecule has 0 radical (unpaired) electrons. The van der Waals surface area contributed by atoms with E-state index in [1.165, 1.54) is 5.56 Å². The van der Waals surface area contributed by atoms with Crippen molar-refractivity contribution in [3.05, 3.63) is 70.2 Å². The van der Waals surface area contributed by atoms with Crippen molar-refractivity contribution in [2.45, 2.75) is 13.0 Å². The highest BCUT2D eigenvalue weighted by atomic mass is 127. The number of nitrogens with zero attached hydrogens (tertiary/aromatic N) is 2. The number of hydrogen-bond acceptors (Lipinski definition) is 2. The van der Waals surface area contributed by atoms with Crippen LogP contribution in [0.2, 0.25) is 5.02 Å². The fourth-order valence-electron chi connectivity index (χ4n) is 2.12. The molecule has 2 aromatic rings. The summed E-state index contributed by atoms with van der Waals surface area (Å²) >= 11 is 5.98. The van der Waals surface area contributed by atoms with E-state index in [4.69, 9.17) is 16.9 Å². The molecular formula is C18H20ClIN4. The van der Waals surface area contributed by atoms with Gasteiger partial charge in [-0.2, -0.15) is 5.26 Å². The van der Waals surface area contributed by atoms with Gasteiger partial charge in [-0.1, -0.05) is 35.9 Å². The number of rotatable bonds is 5. The number of halogens is 2. The molecule has 0 aliphatic carbocycles. The monoisotopic (exact) mass is 454 g/mol. The van der Waals surface area contributed by atoms with E-state index in [2.05, 4.69) is 27.8 Å². The molecule has 0 aliphatic rings. The highest BCUT2D eigenvalue weighted by Gasteiger charge is 2.00. The minimum Gasteiger partial charge on any atom is -0.356 e. The molecule has 0 saturated carbocycles. The Balaban J connectivity index is 0.00000288. The van der Waals surface area contributed by atoms with Crippen molar-refractivity contribution in [2.75, 3.05) is 13.6 Å². The Labute approximate surface area is 165 Å². The minimum absolute atomic E-state index is 0. The normalized spacial score (nSPS) is 10.5. The van der Waals surface area contributed by atoms with Gasteiger partial charge in [0.2, 0.25) is 0 Å². The number of nitrogens with one attached hydrogen (secondary N) is 2. The smallest absolute Gasteiger partial charge is 0.191 e. The number of guanidine groups is 1. The maximum atomic E-state index is 8.79. The van der Waals surface area contributed by atoms with Crippen molar-refractivity contribution in [3.8, 4) is 6.07 Å². The first-order valence-electron chi connectivity index (χ1n) is 7.39. The van der Waals surface area contributed by atoms with Crippen LogP contribution < -0.4 is 10.6 Å². The van der Waals surface area contributed by atoms with Crippen molar-refractivity contribution in [1.29, 1.82) is 5.26 Å². The summed E-state index contributed by atoms with van der Waals surface area (Å²) in [4.78, 5) is 4.20.